The Hall–Kier alpha value is -2.31. The van der Waals surface area contributed by atoms with Crippen LogP contribution in [0.2, 0.25) is 5.02 Å². The van der Waals surface area contributed by atoms with E-state index >= 15 is 0 Å². The average Bonchev–Trinajstić information content (AvgIpc) is 2.87. The van der Waals surface area contributed by atoms with Crippen LogP contribution >= 0.6 is 11.6 Å². The monoisotopic (exact) mass is 375 g/mol. The van der Waals surface area contributed by atoms with E-state index < -0.39 is 10.0 Å². The van der Waals surface area contributed by atoms with E-state index in [0.29, 0.717) is 17.3 Å². The molecule has 0 unspecified atom stereocenters. The quantitative estimate of drug-likeness (QED) is 0.733. The Morgan fingerprint density at radius 2 is 1.68 bits per heavy atom. The van der Waals surface area contributed by atoms with Crippen LogP contribution in [0.4, 0.5) is 5.69 Å². The number of aromatic nitrogens is 2. The Bertz CT molecular complexity index is 978. The molecule has 0 aliphatic heterocycles. The first-order valence-corrected chi connectivity index (χ1v) is 9.58. The van der Waals surface area contributed by atoms with Gasteiger partial charge in [-0.2, -0.15) is 5.10 Å². The molecule has 5 nitrogen and oxygen atoms in total. The van der Waals surface area contributed by atoms with Gasteiger partial charge in [0.05, 0.1) is 17.1 Å². The third-order valence-electron chi connectivity index (χ3n) is 3.77. The smallest absolute Gasteiger partial charge is 0.261 e. The maximum absolute atomic E-state index is 12.4. The van der Waals surface area contributed by atoms with Crippen molar-refractivity contribution >= 4 is 27.3 Å². The van der Waals surface area contributed by atoms with Gasteiger partial charge in [-0.3, -0.25) is 9.40 Å². The van der Waals surface area contributed by atoms with E-state index in [-0.39, 0.29) is 4.90 Å². The van der Waals surface area contributed by atoms with E-state index in [1.807, 2.05) is 36.7 Å². The number of benzene rings is 2. The van der Waals surface area contributed by atoms with Crippen LogP contribution in [-0.4, -0.2) is 18.2 Å². The maximum Gasteiger partial charge on any atom is 0.261 e. The highest BCUT2D eigenvalue weighted by molar-refractivity contribution is 7.92. The highest BCUT2D eigenvalue weighted by Gasteiger charge is 2.14. The minimum Gasteiger partial charge on any atom is -0.280 e. The van der Waals surface area contributed by atoms with Crippen LogP contribution in [-0.2, 0) is 16.6 Å². The fourth-order valence-electron chi connectivity index (χ4n) is 2.51. The van der Waals surface area contributed by atoms with Crippen molar-refractivity contribution in [2.45, 2.75) is 25.3 Å². The molecule has 0 fully saturated rings. The standard InChI is InChI=1S/C18H18ClN3O2S/c1-13-11-14(2)22(20-13)12-15-3-7-17(8-4-15)21-25(23,24)18-9-5-16(19)6-10-18/h3-11,21H,12H2,1-2H3. The maximum atomic E-state index is 12.4. The molecule has 130 valence electrons. The molecule has 2 aromatic carbocycles. The van der Waals surface area contributed by atoms with Crippen molar-refractivity contribution in [3.05, 3.63) is 76.6 Å². The molecule has 0 amide bonds. The first kappa shape index (κ1) is 17.5. The molecule has 1 N–H and O–H groups in total. The topological polar surface area (TPSA) is 64.0 Å². The predicted molar refractivity (Wildman–Crippen MR) is 99.5 cm³/mol. The molecule has 0 saturated heterocycles. The van der Waals surface area contributed by atoms with Crippen molar-refractivity contribution < 1.29 is 8.42 Å². The van der Waals surface area contributed by atoms with Gasteiger partial charge in [0.1, 0.15) is 0 Å². The Kier molecular flexibility index (Phi) is 4.83. The molecule has 0 aliphatic rings. The number of hydrogen-bond donors (Lipinski definition) is 1. The van der Waals surface area contributed by atoms with Crippen molar-refractivity contribution in [1.29, 1.82) is 0 Å². The minimum atomic E-state index is -3.63. The largest absolute Gasteiger partial charge is 0.280 e. The predicted octanol–water partition coefficient (Wildman–Crippen LogP) is 4.00. The summed E-state index contributed by atoms with van der Waals surface area (Å²) in [5.41, 5.74) is 3.61. The molecule has 1 heterocycles. The van der Waals surface area contributed by atoms with Crippen LogP contribution < -0.4 is 4.72 Å². The van der Waals surface area contributed by atoms with Crippen LogP contribution in [0, 0.1) is 13.8 Å². The first-order valence-electron chi connectivity index (χ1n) is 7.72. The van der Waals surface area contributed by atoms with Gasteiger partial charge in [0.2, 0.25) is 0 Å². The van der Waals surface area contributed by atoms with E-state index in [0.717, 1.165) is 17.0 Å². The fraction of sp³-hybridized carbons (Fsp3) is 0.167. The Balaban J connectivity index is 1.74. The van der Waals surface area contributed by atoms with Gasteiger partial charge in [-0.1, -0.05) is 23.7 Å². The lowest BCUT2D eigenvalue weighted by Crippen LogP contribution is -2.13. The molecule has 0 aliphatic carbocycles. The van der Waals surface area contributed by atoms with Crippen molar-refractivity contribution in [2.24, 2.45) is 0 Å². The second-order valence-corrected chi connectivity index (χ2v) is 7.96. The molecule has 0 bridgehead atoms. The van der Waals surface area contributed by atoms with Gasteiger partial charge in [-0.05, 0) is 61.9 Å². The van der Waals surface area contributed by atoms with Gasteiger partial charge >= 0.3 is 0 Å². The lowest BCUT2D eigenvalue weighted by Gasteiger charge is -2.10. The Morgan fingerprint density at radius 1 is 1.04 bits per heavy atom. The summed E-state index contributed by atoms with van der Waals surface area (Å²) in [4.78, 5) is 0.170. The van der Waals surface area contributed by atoms with Crippen molar-refractivity contribution in [2.75, 3.05) is 4.72 Å². The summed E-state index contributed by atoms with van der Waals surface area (Å²) in [5, 5.41) is 4.92. The van der Waals surface area contributed by atoms with Crippen LogP contribution in [0.3, 0.4) is 0 Å². The van der Waals surface area contributed by atoms with E-state index in [4.69, 9.17) is 11.6 Å². The van der Waals surface area contributed by atoms with Crippen molar-refractivity contribution in [3.8, 4) is 0 Å². The number of aryl methyl sites for hydroxylation is 2. The van der Waals surface area contributed by atoms with E-state index in [1.54, 1.807) is 24.3 Å². The molecule has 25 heavy (non-hydrogen) atoms. The first-order chi connectivity index (χ1) is 11.8. The van der Waals surface area contributed by atoms with E-state index in [9.17, 15) is 8.42 Å². The number of hydrogen-bond acceptors (Lipinski definition) is 3. The van der Waals surface area contributed by atoms with Crippen LogP contribution in [0.1, 0.15) is 17.0 Å². The lowest BCUT2D eigenvalue weighted by atomic mass is 10.2. The fourth-order valence-corrected chi connectivity index (χ4v) is 3.70. The van der Waals surface area contributed by atoms with E-state index in [1.165, 1.54) is 12.1 Å². The number of anilines is 1. The number of rotatable bonds is 5. The molecule has 0 spiro atoms. The van der Waals surface area contributed by atoms with Crippen molar-refractivity contribution in [3.63, 3.8) is 0 Å². The molecule has 0 saturated carbocycles. The van der Waals surface area contributed by atoms with Crippen LogP contribution in [0.25, 0.3) is 0 Å². The van der Waals surface area contributed by atoms with Gasteiger partial charge in [0.25, 0.3) is 10.0 Å². The highest BCUT2D eigenvalue weighted by atomic mass is 35.5. The lowest BCUT2D eigenvalue weighted by molar-refractivity contribution is 0.601. The summed E-state index contributed by atoms with van der Waals surface area (Å²) in [7, 11) is -3.63. The van der Waals surface area contributed by atoms with Crippen molar-refractivity contribution in [1.82, 2.24) is 9.78 Å². The molecule has 7 heteroatoms. The minimum absolute atomic E-state index is 0.170. The van der Waals surface area contributed by atoms with Gasteiger partial charge in [0, 0.05) is 16.4 Å². The average molecular weight is 376 g/mol. The molecular formula is C18H18ClN3O2S. The second kappa shape index (κ2) is 6.90. The highest BCUT2D eigenvalue weighted by Crippen LogP contribution is 2.19. The van der Waals surface area contributed by atoms with Crippen LogP contribution in [0.15, 0.2) is 59.5 Å². The molecule has 0 atom stereocenters. The molecule has 3 rings (SSSR count). The van der Waals surface area contributed by atoms with E-state index in [2.05, 4.69) is 9.82 Å². The molecule has 0 radical (unpaired) electrons. The Labute approximate surface area is 152 Å². The zero-order valence-electron chi connectivity index (χ0n) is 13.9. The summed E-state index contributed by atoms with van der Waals surface area (Å²) < 4.78 is 29.2. The summed E-state index contributed by atoms with van der Waals surface area (Å²) >= 11 is 5.80. The summed E-state index contributed by atoms with van der Waals surface area (Å²) in [6.07, 6.45) is 0. The SMILES string of the molecule is Cc1cc(C)n(Cc2ccc(NS(=O)(=O)c3ccc(Cl)cc3)cc2)n1. The number of nitrogens with zero attached hydrogens (tertiary/aromatic N) is 2. The number of nitrogens with one attached hydrogen (secondary N) is 1. The molecule has 1 aromatic heterocycles. The van der Waals surface area contributed by atoms with Gasteiger partial charge in [-0.25, -0.2) is 8.42 Å². The number of sulfonamides is 1. The zero-order chi connectivity index (χ0) is 18.0. The third-order valence-corrected chi connectivity index (χ3v) is 5.41. The second-order valence-electron chi connectivity index (χ2n) is 5.84. The zero-order valence-corrected chi connectivity index (χ0v) is 15.5. The molecular weight excluding hydrogens is 358 g/mol. The molecule has 3 aromatic rings. The van der Waals surface area contributed by atoms with Gasteiger partial charge < -0.3 is 0 Å². The summed E-state index contributed by atoms with van der Waals surface area (Å²) in [6, 6.07) is 15.3. The summed E-state index contributed by atoms with van der Waals surface area (Å²) in [5.74, 6) is 0. The third kappa shape index (κ3) is 4.21. The summed E-state index contributed by atoms with van der Waals surface area (Å²) in [6.45, 7) is 4.61. The van der Waals surface area contributed by atoms with Gasteiger partial charge in [0.15, 0.2) is 0 Å². The van der Waals surface area contributed by atoms with Gasteiger partial charge in [-0.15, -0.1) is 0 Å². The normalized spacial score (nSPS) is 11.5. The Morgan fingerprint density at radius 3 is 2.24 bits per heavy atom. The number of halogens is 1. The van der Waals surface area contributed by atoms with Crippen LogP contribution in [0.5, 0.6) is 0 Å².